The maximum Gasteiger partial charge on any atom is 0.223 e. The molecule has 18 heavy (non-hydrogen) atoms. The number of carbonyl (C=O) groups excluding carboxylic acids is 1. The van der Waals surface area contributed by atoms with Crippen molar-refractivity contribution < 1.29 is 9.90 Å². The van der Waals surface area contributed by atoms with Gasteiger partial charge in [0.1, 0.15) is 0 Å². The van der Waals surface area contributed by atoms with Crippen molar-refractivity contribution in [3.05, 3.63) is 22.4 Å². The van der Waals surface area contributed by atoms with Gasteiger partial charge in [-0.3, -0.25) is 4.79 Å². The van der Waals surface area contributed by atoms with Crippen LogP contribution < -0.4 is 11.1 Å². The van der Waals surface area contributed by atoms with Crippen molar-refractivity contribution in [1.82, 2.24) is 5.32 Å². The number of nitrogens with one attached hydrogen (secondary N) is 1. The van der Waals surface area contributed by atoms with Crippen LogP contribution in [0.3, 0.4) is 0 Å². The molecule has 102 valence electrons. The zero-order valence-corrected chi connectivity index (χ0v) is 11.7. The highest BCUT2D eigenvalue weighted by Crippen LogP contribution is 2.24. The second kappa shape index (κ2) is 7.09. The first-order valence-electron chi connectivity index (χ1n) is 5.90. The molecule has 0 bridgehead atoms. The van der Waals surface area contributed by atoms with Crippen molar-refractivity contribution in [3.63, 3.8) is 0 Å². The SMILES string of the molecule is Cl.NC1CCC(C(=O)NCC(O)c2ccsc2)C1. The Morgan fingerprint density at radius 1 is 1.61 bits per heavy atom. The molecule has 1 heterocycles. The van der Waals surface area contributed by atoms with Crippen LogP contribution in [-0.4, -0.2) is 23.6 Å². The number of hydrogen-bond acceptors (Lipinski definition) is 4. The van der Waals surface area contributed by atoms with Gasteiger partial charge >= 0.3 is 0 Å². The first-order chi connectivity index (χ1) is 8.16. The highest BCUT2D eigenvalue weighted by Gasteiger charge is 2.27. The van der Waals surface area contributed by atoms with E-state index in [-0.39, 0.29) is 36.8 Å². The Bertz CT molecular complexity index is 372. The normalized spacial score (nSPS) is 24.3. The Balaban J connectivity index is 0.00000162. The van der Waals surface area contributed by atoms with Gasteiger partial charge < -0.3 is 16.2 Å². The van der Waals surface area contributed by atoms with Gasteiger partial charge in [0, 0.05) is 18.5 Å². The van der Waals surface area contributed by atoms with Crippen molar-refractivity contribution in [2.45, 2.75) is 31.4 Å². The summed E-state index contributed by atoms with van der Waals surface area (Å²) in [5.74, 6) is 0.0481. The van der Waals surface area contributed by atoms with Crippen LogP contribution in [-0.2, 0) is 4.79 Å². The number of nitrogens with two attached hydrogens (primary N) is 1. The number of amides is 1. The molecule has 1 saturated carbocycles. The lowest BCUT2D eigenvalue weighted by molar-refractivity contribution is -0.125. The smallest absolute Gasteiger partial charge is 0.223 e. The van der Waals surface area contributed by atoms with Crippen LogP contribution in [0.4, 0.5) is 0 Å². The molecular formula is C12H19ClN2O2S. The van der Waals surface area contributed by atoms with E-state index in [0.29, 0.717) is 0 Å². The lowest BCUT2D eigenvalue weighted by Gasteiger charge is -2.13. The van der Waals surface area contributed by atoms with E-state index >= 15 is 0 Å². The number of rotatable bonds is 4. The first-order valence-corrected chi connectivity index (χ1v) is 6.84. The fourth-order valence-corrected chi connectivity index (χ4v) is 2.89. The predicted octanol–water partition coefficient (Wildman–Crippen LogP) is 1.45. The molecule has 1 aliphatic rings. The number of halogens is 1. The van der Waals surface area contributed by atoms with Gasteiger partial charge in [0.05, 0.1) is 6.10 Å². The molecule has 0 radical (unpaired) electrons. The average molecular weight is 291 g/mol. The van der Waals surface area contributed by atoms with E-state index in [1.165, 1.54) is 11.3 Å². The molecule has 3 unspecified atom stereocenters. The molecular weight excluding hydrogens is 272 g/mol. The summed E-state index contributed by atoms with van der Waals surface area (Å²) in [4.78, 5) is 11.8. The van der Waals surface area contributed by atoms with E-state index in [1.54, 1.807) is 0 Å². The Hall–Kier alpha value is -0.620. The van der Waals surface area contributed by atoms with E-state index < -0.39 is 6.10 Å². The summed E-state index contributed by atoms with van der Waals surface area (Å²) in [6, 6.07) is 2.03. The van der Waals surface area contributed by atoms with Gasteiger partial charge in [-0.25, -0.2) is 0 Å². The summed E-state index contributed by atoms with van der Waals surface area (Å²) in [6.45, 7) is 0.279. The molecule has 0 aromatic carbocycles. The summed E-state index contributed by atoms with van der Waals surface area (Å²) in [5.41, 5.74) is 6.63. The molecule has 6 heteroatoms. The van der Waals surface area contributed by atoms with Gasteiger partial charge in [0.2, 0.25) is 5.91 Å². The van der Waals surface area contributed by atoms with E-state index in [4.69, 9.17) is 5.73 Å². The molecule has 0 spiro atoms. The van der Waals surface area contributed by atoms with E-state index in [0.717, 1.165) is 24.8 Å². The van der Waals surface area contributed by atoms with Gasteiger partial charge in [-0.2, -0.15) is 11.3 Å². The van der Waals surface area contributed by atoms with Crippen molar-refractivity contribution in [3.8, 4) is 0 Å². The van der Waals surface area contributed by atoms with E-state index in [1.807, 2.05) is 16.8 Å². The van der Waals surface area contributed by atoms with Crippen LogP contribution in [0, 0.1) is 5.92 Å². The Labute approximate surface area is 117 Å². The van der Waals surface area contributed by atoms with E-state index in [9.17, 15) is 9.90 Å². The molecule has 1 aromatic rings. The summed E-state index contributed by atoms with van der Waals surface area (Å²) in [5, 5.41) is 16.4. The molecule has 4 N–H and O–H groups in total. The first kappa shape index (κ1) is 15.4. The third-order valence-electron chi connectivity index (χ3n) is 3.24. The number of aliphatic hydroxyl groups excluding tert-OH is 1. The average Bonchev–Trinajstić information content (AvgIpc) is 2.95. The number of carbonyl (C=O) groups is 1. The second-order valence-corrected chi connectivity index (χ2v) is 5.37. The summed E-state index contributed by atoms with van der Waals surface area (Å²) < 4.78 is 0. The number of aliphatic hydroxyl groups is 1. The van der Waals surface area contributed by atoms with Crippen LogP contribution in [0.5, 0.6) is 0 Å². The van der Waals surface area contributed by atoms with Crippen LogP contribution in [0.1, 0.15) is 30.9 Å². The van der Waals surface area contributed by atoms with Gasteiger partial charge in [-0.05, 0) is 41.7 Å². The fourth-order valence-electron chi connectivity index (χ4n) is 2.18. The highest BCUT2D eigenvalue weighted by molar-refractivity contribution is 7.07. The van der Waals surface area contributed by atoms with Crippen molar-refractivity contribution >= 4 is 29.7 Å². The predicted molar refractivity (Wildman–Crippen MR) is 74.9 cm³/mol. The topological polar surface area (TPSA) is 75.4 Å². The number of hydrogen-bond donors (Lipinski definition) is 3. The van der Waals surface area contributed by atoms with Gasteiger partial charge in [0.25, 0.3) is 0 Å². The van der Waals surface area contributed by atoms with Gasteiger partial charge in [-0.15, -0.1) is 12.4 Å². The van der Waals surface area contributed by atoms with Crippen LogP contribution in [0.15, 0.2) is 16.8 Å². The molecule has 1 amide bonds. The van der Waals surface area contributed by atoms with Crippen molar-refractivity contribution in [2.75, 3.05) is 6.54 Å². The highest BCUT2D eigenvalue weighted by atomic mass is 35.5. The maximum absolute atomic E-state index is 11.8. The van der Waals surface area contributed by atoms with Crippen LogP contribution in [0.25, 0.3) is 0 Å². The minimum absolute atomic E-state index is 0. The van der Waals surface area contributed by atoms with Crippen LogP contribution >= 0.6 is 23.7 Å². The quantitative estimate of drug-likeness (QED) is 0.785. The minimum atomic E-state index is -0.611. The molecule has 0 aliphatic heterocycles. The molecule has 1 aliphatic carbocycles. The van der Waals surface area contributed by atoms with Crippen molar-refractivity contribution in [2.24, 2.45) is 11.7 Å². The fraction of sp³-hybridized carbons (Fsp3) is 0.583. The second-order valence-electron chi connectivity index (χ2n) is 4.59. The Morgan fingerprint density at radius 2 is 2.39 bits per heavy atom. The molecule has 1 aromatic heterocycles. The zero-order chi connectivity index (χ0) is 12.3. The summed E-state index contributed by atoms with van der Waals surface area (Å²) in [6.07, 6.45) is 1.94. The van der Waals surface area contributed by atoms with Gasteiger partial charge in [0.15, 0.2) is 0 Å². The Kier molecular flexibility index (Phi) is 6.08. The lowest BCUT2D eigenvalue weighted by Crippen LogP contribution is -2.33. The molecule has 3 atom stereocenters. The molecule has 1 fully saturated rings. The van der Waals surface area contributed by atoms with Crippen LogP contribution in [0.2, 0.25) is 0 Å². The summed E-state index contributed by atoms with van der Waals surface area (Å²) >= 11 is 1.54. The number of thiophene rings is 1. The molecule has 4 nitrogen and oxygen atoms in total. The third kappa shape index (κ3) is 3.95. The van der Waals surface area contributed by atoms with Gasteiger partial charge in [-0.1, -0.05) is 0 Å². The standard InChI is InChI=1S/C12H18N2O2S.ClH/c13-10-2-1-8(5-10)12(16)14-6-11(15)9-3-4-17-7-9;/h3-4,7-8,10-11,15H,1-2,5-6,13H2,(H,14,16);1H. The molecule has 2 rings (SSSR count). The lowest BCUT2D eigenvalue weighted by atomic mass is 10.1. The minimum Gasteiger partial charge on any atom is -0.387 e. The maximum atomic E-state index is 11.8. The monoisotopic (exact) mass is 290 g/mol. The third-order valence-corrected chi connectivity index (χ3v) is 3.94. The summed E-state index contributed by atoms with van der Waals surface area (Å²) in [7, 11) is 0. The van der Waals surface area contributed by atoms with Crippen molar-refractivity contribution in [1.29, 1.82) is 0 Å². The zero-order valence-electron chi connectivity index (χ0n) is 10.0. The molecule has 0 saturated heterocycles. The largest absolute Gasteiger partial charge is 0.387 e. The van der Waals surface area contributed by atoms with E-state index in [2.05, 4.69) is 5.32 Å². The Morgan fingerprint density at radius 3 is 2.94 bits per heavy atom.